The van der Waals surface area contributed by atoms with E-state index in [2.05, 4.69) is 22.6 Å². The van der Waals surface area contributed by atoms with Crippen LogP contribution in [0.2, 0.25) is 0 Å². The van der Waals surface area contributed by atoms with Crippen molar-refractivity contribution in [2.75, 3.05) is 7.05 Å². The van der Waals surface area contributed by atoms with Gasteiger partial charge in [-0.15, -0.1) is 0 Å². The van der Waals surface area contributed by atoms with Crippen LogP contribution in [0.5, 0.6) is 0 Å². The van der Waals surface area contributed by atoms with Crippen molar-refractivity contribution in [2.45, 2.75) is 49.7 Å². The number of nitrogens with zero attached hydrogens (tertiary/aromatic N) is 1. The average Bonchev–Trinajstić information content (AvgIpc) is 2.45. The fourth-order valence-corrected chi connectivity index (χ4v) is 3.49. The molecule has 3 heterocycles. The van der Waals surface area contributed by atoms with Crippen LogP contribution in [0.1, 0.15) is 32.1 Å². The summed E-state index contributed by atoms with van der Waals surface area (Å²) in [6.45, 7) is 0. The number of carbonyl (C=O) groups is 2. The molecule has 2 bridgehead atoms. The van der Waals surface area contributed by atoms with Crippen LogP contribution < -0.4 is 10.6 Å². The number of amides is 3. The Labute approximate surface area is 94.6 Å². The Balaban J connectivity index is 1.89. The first-order valence-electron chi connectivity index (χ1n) is 5.96. The lowest BCUT2D eigenvalue weighted by molar-refractivity contribution is -0.128. The van der Waals surface area contributed by atoms with Crippen LogP contribution in [0.25, 0.3) is 0 Å². The Kier molecular flexibility index (Phi) is 2.01. The highest BCUT2D eigenvalue weighted by molar-refractivity contribution is 6.07. The van der Waals surface area contributed by atoms with Crippen molar-refractivity contribution in [3.8, 4) is 0 Å². The number of carbonyl (C=O) groups excluding carboxylic acids is 2. The molecular weight excluding hydrogens is 206 g/mol. The fourth-order valence-electron chi connectivity index (χ4n) is 3.49. The summed E-state index contributed by atoms with van der Waals surface area (Å²) in [5.41, 5.74) is -0.612. The average molecular weight is 223 g/mol. The zero-order chi connectivity index (χ0) is 11.3. The molecule has 3 saturated heterocycles. The normalized spacial score (nSPS) is 43.3. The van der Waals surface area contributed by atoms with E-state index in [9.17, 15) is 9.59 Å². The van der Waals surface area contributed by atoms with Gasteiger partial charge in [0, 0.05) is 12.1 Å². The summed E-state index contributed by atoms with van der Waals surface area (Å²) in [4.78, 5) is 25.5. The molecule has 2 atom stereocenters. The molecule has 5 heteroatoms. The summed E-state index contributed by atoms with van der Waals surface area (Å²) in [6.07, 6.45) is 5.04. The van der Waals surface area contributed by atoms with Crippen LogP contribution in [0.3, 0.4) is 0 Å². The lowest BCUT2D eigenvalue weighted by Gasteiger charge is -2.50. The van der Waals surface area contributed by atoms with Crippen LogP contribution >= 0.6 is 0 Å². The maximum Gasteiger partial charge on any atom is 0.322 e. The van der Waals surface area contributed by atoms with E-state index in [0.29, 0.717) is 12.1 Å². The Morgan fingerprint density at radius 2 is 1.88 bits per heavy atom. The minimum atomic E-state index is -0.612. The van der Waals surface area contributed by atoms with Crippen molar-refractivity contribution in [1.82, 2.24) is 15.5 Å². The summed E-state index contributed by atoms with van der Waals surface area (Å²) in [5, 5.41) is 5.22. The number of urea groups is 1. The molecule has 16 heavy (non-hydrogen) atoms. The highest BCUT2D eigenvalue weighted by Gasteiger charge is 2.53. The van der Waals surface area contributed by atoms with E-state index in [4.69, 9.17) is 0 Å². The molecule has 88 valence electrons. The fraction of sp³-hybridized carbons (Fsp3) is 0.818. The Hall–Kier alpha value is -1.10. The highest BCUT2D eigenvalue weighted by Crippen LogP contribution is 2.39. The molecule has 0 aromatic carbocycles. The van der Waals surface area contributed by atoms with Crippen molar-refractivity contribution >= 4 is 11.9 Å². The first-order chi connectivity index (χ1) is 7.61. The van der Waals surface area contributed by atoms with E-state index in [0.717, 1.165) is 25.7 Å². The molecule has 3 amide bonds. The second-order valence-electron chi connectivity index (χ2n) is 5.30. The van der Waals surface area contributed by atoms with Gasteiger partial charge >= 0.3 is 6.03 Å². The third kappa shape index (κ3) is 1.27. The lowest BCUT2D eigenvalue weighted by atomic mass is 9.74. The molecule has 2 unspecified atom stereocenters. The maximum atomic E-state index is 11.9. The van der Waals surface area contributed by atoms with Gasteiger partial charge in [0.1, 0.15) is 5.54 Å². The minimum Gasteiger partial charge on any atom is -0.323 e. The molecule has 5 nitrogen and oxygen atoms in total. The summed E-state index contributed by atoms with van der Waals surface area (Å²) in [7, 11) is 2.13. The van der Waals surface area contributed by atoms with Crippen molar-refractivity contribution in [3.63, 3.8) is 0 Å². The Morgan fingerprint density at radius 3 is 2.38 bits per heavy atom. The second kappa shape index (κ2) is 3.20. The molecule has 3 fully saturated rings. The first kappa shape index (κ1) is 10.1. The van der Waals surface area contributed by atoms with Crippen molar-refractivity contribution in [1.29, 1.82) is 0 Å². The number of fused-ring (bicyclic) bond motifs is 2. The summed E-state index contributed by atoms with van der Waals surface area (Å²) >= 11 is 0. The van der Waals surface area contributed by atoms with Crippen molar-refractivity contribution < 1.29 is 9.59 Å². The topological polar surface area (TPSA) is 61.4 Å². The van der Waals surface area contributed by atoms with Gasteiger partial charge in [0.05, 0.1) is 0 Å². The van der Waals surface area contributed by atoms with Crippen LogP contribution in [0.4, 0.5) is 4.79 Å². The van der Waals surface area contributed by atoms with E-state index in [-0.39, 0.29) is 11.9 Å². The van der Waals surface area contributed by atoms with E-state index < -0.39 is 5.54 Å². The Bertz CT molecular complexity index is 341. The number of rotatable bonds is 0. The maximum absolute atomic E-state index is 11.9. The second-order valence-corrected chi connectivity index (χ2v) is 5.30. The molecule has 0 aliphatic carbocycles. The molecule has 3 aliphatic heterocycles. The molecule has 3 aliphatic rings. The van der Waals surface area contributed by atoms with Gasteiger partial charge in [-0.1, -0.05) is 6.42 Å². The number of piperidine rings is 2. The smallest absolute Gasteiger partial charge is 0.322 e. The standard InChI is InChI=1S/C11H17N3O2/c1-14-7-3-2-4-8(14)6-11(5-7)9(15)12-10(16)13-11/h7-8H,2-6H2,1H3,(H2,12,13,15,16). The predicted octanol–water partition coefficient (Wildman–Crippen LogP) is 0.211. The molecule has 0 aromatic rings. The van der Waals surface area contributed by atoms with Crippen LogP contribution in [0, 0.1) is 0 Å². The SMILES string of the molecule is CN1C2CCCC1CC1(C2)NC(=O)NC1=O. The summed E-state index contributed by atoms with van der Waals surface area (Å²) in [5.74, 6) is -0.123. The summed E-state index contributed by atoms with van der Waals surface area (Å²) in [6, 6.07) is 0.556. The first-order valence-corrected chi connectivity index (χ1v) is 5.96. The molecule has 1 spiro atoms. The third-order valence-electron chi connectivity index (χ3n) is 4.41. The van der Waals surface area contributed by atoms with Gasteiger partial charge in [-0.3, -0.25) is 10.1 Å². The van der Waals surface area contributed by atoms with Gasteiger partial charge < -0.3 is 10.2 Å². The number of hydrogen-bond donors (Lipinski definition) is 2. The predicted molar refractivity (Wildman–Crippen MR) is 57.8 cm³/mol. The van der Waals surface area contributed by atoms with Crippen molar-refractivity contribution in [3.05, 3.63) is 0 Å². The summed E-state index contributed by atoms with van der Waals surface area (Å²) < 4.78 is 0. The number of hydrogen-bond acceptors (Lipinski definition) is 3. The zero-order valence-electron chi connectivity index (χ0n) is 9.45. The van der Waals surface area contributed by atoms with Gasteiger partial charge in [0.2, 0.25) is 0 Å². The highest BCUT2D eigenvalue weighted by atomic mass is 16.2. The van der Waals surface area contributed by atoms with E-state index in [1.165, 1.54) is 6.42 Å². The van der Waals surface area contributed by atoms with E-state index >= 15 is 0 Å². The van der Waals surface area contributed by atoms with Crippen LogP contribution in [-0.4, -0.2) is 41.5 Å². The minimum absolute atomic E-state index is 0.123. The molecule has 0 radical (unpaired) electrons. The van der Waals surface area contributed by atoms with Gasteiger partial charge in [0.15, 0.2) is 0 Å². The van der Waals surface area contributed by atoms with Crippen molar-refractivity contribution in [2.24, 2.45) is 0 Å². The van der Waals surface area contributed by atoms with Gasteiger partial charge in [-0.2, -0.15) is 0 Å². The number of imide groups is 1. The molecule has 0 saturated carbocycles. The van der Waals surface area contributed by atoms with Gasteiger partial charge in [-0.05, 0) is 32.7 Å². The molecule has 2 N–H and O–H groups in total. The third-order valence-corrected chi connectivity index (χ3v) is 4.41. The van der Waals surface area contributed by atoms with Gasteiger partial charge in [-0.25, -0.2) is 4.79 Å². The molecule has 0 aromatic heterocycles. The van der Waals surface area contributed by atoms with Crippen LogP contribution in [-0.2, 0) is 4.79 Å². The van der Waals surface area contributed by atoms with E-state index in [1.54, 1.807) is 0 Å². The van der Waals surface area contributed by atoms with Crippen LogP contribution in [0.15, 0.2) is 0 Å². The zero-order valence-corrected chi connectivity index (χ0v) is 9.45. The lowest BCUT2D eigenvalue weighted by Crippen LogP contribution is -2.62. The molecule has 3 rings (SSSR count). The molecular formula is C11H17N3O2. The Morgan fingerprint density at radius 1 is 1.25 bits per heavy atom. The largest absolute Gasteiger partial charge is 0.323 e. The quantitative estimate of drug-likeness (QED) is 0.577. The monoisotopic (exact) mass is 223 g/mol. The number of nitrogens with one attached hydrogen (secondary N) is 2. The van der Waals surface area contributed by atoms with E-state index in [1.807, 2.05) is 0 Å². The van der Waals surface area contributed by atoms with Gasteiger partial charge in [0.25, 0.3) is 5.91 Å².